The van der Waals surface area contributed by atoms with Crippen molar-refractivity contribution in [3.05, 3.63) is 0 Å². The first-order valence-corrected chi connectivity index (χ1v) is 4.99. The Kier molecular flexibility index (Phi) is 5.11. The summed E-state index contributed by atoms with van der Waals surface area (Å²) in [5, 5.41) is 6.09. The summed E-state index contributed by atoms with van der Waals surface area (Å²) >= 11 is 0. The van der Waals surface area contributed by atoms with Crippen LogP contribution in [-0.2, 0) is 4.74 Å². The monoisotopic (exact) mass is 215 g/mol. The molecule has 0 saturated carbocycles. The van der Waals surface area contributed by atoms with E-state index < -0.39 is 11.7 Å². The summed E-state index contributed by atoms with van der Waals surface area (Å²) < 4.78 is 5.11. The van der Waals surface area contributed by atoms with Crippen molar-refractivity contribution in [3.8, 4) is 0 Å². The first-order valence-electron chi connectivity index (χ1n) is 4.99. The summed E-state index contributed by atoms with van der Waals surface area (Å²) in [5.41, 5.74) is -0.495. The van der Waals surface area contributed by atoms with Crippen LogP contribution in [0, 0.1) is 5.92 Å². The van der Waals surface area contributed by atoms with Crippen LogP contribution in [0.3, 0.4) is 0 Å². The van der Waals surface area contributed by atoms with E-state index in [-0.39, 0.29) is 12.0 Å². The molecular weight excluding hydrogens is 194 g/mol. The molecule has 0 bridgehead atoms. The zero-order valence-electron chi connectivity index (χ0n) is 10.1. The minimum absolute atomic E-state index is 0.204. The van der Waals surface area contributed by atoms with Gasteiger partial charge in [-0.1, -0.05) is 13.8 Å². The van der Waals surface area contributed by atoms with Crippen molar-refractivity contribution in [1.29, 1.82) is 0 Å². The molecule has 0 aliphatic rings. The summed E-state index contributed by atoms with van der Waals surface area (Å²) in [4.78, 5) is 11.4. The maximum atomic E-state index is 11.4. The van der Waals surface area contributed by atoms with Crippen LogP contribution < -0.4 is 11.2 Å². The van der Waals surface area contributed by atoms with Gasteiger partial charge in [-0.3, -0.25) is 0 Å². The summed E-state index contributed by atoms with van der Waals surface area (Å²) in [6.07, 6.45) is 1.04. The molecule has 0 saturated heterocycles. The number of alkyl carbamates (subject to hydrolysis) is 1. The SMILES string of the molecule is CC(C)[C@@H](C=NN)NC(=O)OC(C)(C)C. The van der Waals surface area contributed by atoms with Gasteiger partial charge in [-0.2, -0.15) is 5.10 Å². The van der Waals surface area contributed by atoms with E-state index in [0.29, 0.717) is 0 Å². The Balaban J connectivity index is 4.24. The molecule has 0 aromatic carbocycles. The number of ether oxygens (including phenoxy) is 1. The molecule has 0 heterocycles. The standard InChI is InChI=1S/C10H21N3O2/c1-7(2)8(6-12-11)13-9(14)15-10(3,4)5/h6-8H,11H2,1-5H3,(H,13,14)/t8-/m1/s1. The lowest BCUT2D eigenvalue weighted by molar-refractivity contribution is 0.0509. The fourth-order valence-electron chi connectivity index (χ4n) is 0.912. The van der Waals surface area contributed by atoms with Gasteiger partial charge in [-0.05, 0) is 26.7 Å². The van der Waals surface area contributed by atoms with Crippen LogP contribution in [0.25, 0.3) is 0 Å². The van der Waals surface area contributed by atoms with Crippen molar-refractivity contribution in [2.24, 2.45) is 16.9 Å². The van der Waals surface area contributed by atoms with E-state index in [4.69, 9.17) is 10.6 Å². The second kappa shape index (κ2) is 5.58. The predicted molar refractivity (Wildman–Crippen MR) is 60.7 cm³/mol. The van der Waals surface area contributed by atoms with E-state index in [1.54, 1.807) is 0 Å². The lowest BCUT2D eigenvalue weighted by Gasteiger charge is -2.23. The third kappa shape index (κ3) is 6.76. The summed E-state index contributed by atoms with van der Waals surface area (Å²) in [7, 11) is 0. The van der Waals surface area contributed by atoms with Crippen LogP contribution >= 0.6 is 0 Å². The first kappa shape index (κ1) is 13.7. The number of hydrogen-bond donors (Lipinski definition) is 2. The zero-order chi connectivity index (χ0) is 12.1. The van der Waals surface area contributed by atoms with Crippen LogP contribution in [0.15, 0.2) is 5.10 Å². The molecule has 0 rings (SSSR count). The number of carbonyl (C=O) groups excluding carboxylic acids is 1. The van der Waals surface area contributed by atoms with Gasteiger partial charge in [0.2, 0.25) is 0 Å². The van der Waals surface area contributed by atoms with Gasteiger partial charge in [0.25, 0.3) is 0 Å². The van der Waals surface area contributed by atoms with Gasteiger partial charge in [-0.25, -0.2) is 4.79 Å². The third-order valence-electron chi connectivity index (χ3n) is 1.65. The average Bonchev–Trinajstić information content (AvgIpc) is 1.99. The van der Waals surface area contributed by atoms with Gasteiger partial charge >= 0.3 is 6.09 Å². The van der Waals surface area contributed by atoms with Crippen LogP contribution in [0.2, 0.25) is 0 Å². The molecule has 1 amide bonds. The number of nitrogens with two attached hydrogens (primary N) is 1. The van der Waals surface area contributed by atoms with Crippen molar-refractivity contribution in [2.45, 2.75) is 46.3 Å². The highest BCUT2D eigenvalue weighted by atomic mass is 16.6. The first-order chi connectivity index (χ1) is 6.76. The Morgan fingerprint density at radius 2 is 2.00 bits per heavy atom. The molecule has 0 aliphatic heterocycles. The predicted octanol–water partition coefficient (Wildman–Crippen LogP) is 1.48. The maximum Gasteiger partial charge on any atom is 0.408 e. The zero-order valence-corrected chi connectivity index (χ0v) is 10.1. The summed E-state index contributed by atoms with van der Waals surface area (Å²) in [6.45, 7) is 9.36. The fourth-order valence-corrected chi connectivity index (χ4v) is 0.912. The maximum absolute atomic E-state index is 11.4. The largest absolute Gasteiger partial charge is 0.444 e. The van der Waals surface area contributed by atoms with Crippen LogP contribution in [0.5, 0.6) is 0 Å². The second-order valence-corrected chi connectivity index (χ2v) is 4.71. The van der Waals surface area contributed by atoms with Crippen molar-refractivity contribution in [1.82, 2.24) is 5.32 Å². The number of rotatable bonds is 3. The van der Waals surface area contributed by atoms with E-state index in [2.05, 4.69) is 10.4 Å². The fraction of sp³-hybridized carbons (Fsp3) is 0.800. The van der Waals surface area contributed by atoms with Gasteiger partial charge in [0.05, 0.1) is 6.04 Å². The number of hydrogen-bond acceptors (Lipinski definition) is 4. The molecule has 3 N–H and O–H groups in total. The molecular formula is C10H21N3O2. The van der Waals surface area contributed by atoms with Gasteiger partial charge < -0.3 is 15.9 Å². The van der Waals surface area contributed by atoms with Crippen LogP contribution in [0.4, 0.5) is 4.79 Å². The molecule has 0 radical (unpaired) electrons. The molecule has 0 aliphatic carbocycles. The van der Waals surface area contributed by atoms with Crippen molar-refractivity contribution in [2.75, 3.05) is 0 Å². The quantitative estimate of drug-likeness (QED) is 0.425. The van der Waals surface area contributed by atoms with Gasteiger partial charge in [0.15, 0.2) is 0 Å². The van der Waals surface area contributed by atoms with Crippen LogP contribution in [-0.4, -0.2) is 24.0 Å². The van der Waals surface area contributed by atoms with E-state index in [9.17, 15) is 4.79 Å². The molecule has 5 heteroatoms. The second-order valence-electron chi connectivity index (χ2n) is 4.71. The molecule has 1 atom stereocenters. The Bertz CT molecular complexity index is 231. The smallest absolute Gasteiger partial charge is 0.408 e. The van der Waals surface area contributed by atoms with E-state index in [0.717, 1.165) is 0 Å². The molecule has 5 nitrogen and oxygen atoms in total. The molecule has 0 fully saturated rings. The minimum atomic E-state index is -0.495. The lowest BCUT2D eigenvalue weighted by Crippen LogP contribution is -2.42. The lowest BCUT2D eigenvalue weighted by atomic mass is 10.1. The highest BCUT2D eigenvalue weighted by Gasteiger charge is 2.20. The Labute approximate surface area is 91.1 Å². The molecule has 0 unspecified atom stereocenters. The number of nitrogens with zero attached hydrogens (tertiary/aromatic N) is 1. The highest BCUT2D eigenvalue weighted by molar-refractivity contribution is 5.75. The summed E-state index contributed by atoms with van der Waals surface area (Å²) in [6, 6.07) is -0.204. The van der Waals surface area contributed by atoms with Crippen molar-refractivity contribution < 1.29 is 9.53 Å². The molecule has 15 heavy (non-hydrogen) atoms. The van der Waals surface area contributed by atoms with Gasteiger partial charge in [-0.15, -0.1) is 0 Å². The Morgan fingerprint density at radius 1 is 1.47 bits per heavy atom. The molecule has 88 valence electrons. The Hall–Kier alpha value is -1.26. The number of nitrogens with one attached hydrogen (secondary N) is 1. The third-order valence-corrected chi connectivity index (χ3v) is 1.65. The molecule has 0 aromatic rings. The van der Waals surface area contributed by atoms with Crippen molar-refractivity contribution >= 4 is 12.3 Å². The summed E-state index contributed by atoms with van der Waals surface area (Å²) in [5.74, 6) is 5.26. The average molecular weight is 215 g/mol. The van der Waals surface area contributed by atoms with E-state index in [1.165, 1.54) is 6.21 Å². The molecule has 0 spiro atoms. The minimum Gasteiger partial charge on any atom is -0.444 e. The number of amides is 1. The molecule has 0 aromatic heterocycles. The van der Waals surface area contributed by atoms with Gasteiger partial charge in [0, 0.05) is 6.21 Å². The highest BCUT2D eigenvalue weighted by Crippen LogP contribution is 2.07. The van der Waals surface area contributed by atoms with E-state index >= 15 is 0 Å². The van der Waals surface area contributed by atoms with Gasteiger partial charge in [0.1, 0.15) is 5.60 Å². The number of carbonyl (C=O) groups is 1. The topological polar surface area (TPSA) is 76.7 Å². The van der Waals surface area contributed by atoms with Crippen molar-refractivity contribution in [3.63, 3.8) is 0 Å². The number of hydrazone groups is 1. The Morgan fingerprint density at radius 3 is 2.33 bits per heavy atom. The van der Waals surface area contributed by atoms with E-state index in [1.807, 2.05) is 34.6 Å². The normalized spacial score (nSPS) is 14.3. The van der Waals surface area contributed by atoms with Crippen LogP contribution in [0.1, 0.15) is 34.6 Å².